The Bertz CT molecular complexity index is 661. The Kier molecular flexibility index (Phi) is 3.02. The highest BCUT2D eigenvalue weighted by atomic mass is 32.2. The first kappa shape index (κ1) is 11.3. The van der Waals surface area contributed by atoms with Crippen LogP contribution in [0.4, 0.5) is 0 Å². The van der Waals surface area contributed by atoms with Gasteiger partial charge in [0, 0.05) is 10.6 Å². The molecule has 0 aliphatic carbocycles. The molecular formula is C14H13N3S. The molecule has 18 heavy (non-hydrogen) atoms. The van der Waals surface area contributed by atoms with Gasteiger partial charge in [-0.1, -0.05) is 30.3 Å². The number of fused-ring (bicyclic) bond motifs is 1. The molecule has 1 aromatic heterocycles. The Morgan fingerprint density at radius 2 is 1.94 bits per heavy atom. The van der Waals surface area contributed by atoms with Crippen molar-refractivity contribution < 1.29 is 0 Å². The Balaban J connectivity index is 1.88. The maximum absolute atomic E-state index is 4.22. The molecule has 0 radical (unpaired) electrons. The second-order valence-electron chi connectivity index (χ2n) is 4.23. The normalized spacial score (nSPS) is 10.9. The minimum Gasteiger partial charge on any atom is -0.197 e. The fourth-order valence-corrected chi connectivity index (χ4v) is 2.97. The van der Waals surface area contributed by atoms with Crippen LogP contribution in [0.15, 0.2) is 47.4 Å². The summed E-state index contributed by atoms with van der Waals surface area (Å²) in [6, 6.07) is 14.7. The monoisotopic (exact) mass is 255 g/mol. The number of aryl methyl sites for hydroxylation is 1. The third kappa shape index (κ3) is 2.24. The fraction of sp³-hybridized carbons (Fsp3) is 0.143. The average molecular weight is 255 g/mol. The van der Waals surface area contributed by atoms with E-state index < -0.39 is 0 Å². The third-order valence-corrected chi connectivity index (χ3v) is 3.87. The molecular weight excluding hydrogens is 242 g/mol. The maximum Gasteiger partial charge on any atom is 0.126 e. The zero-order valence-electron chi connectivity index (χ0n) is 10.1. The van der Waals surface area contributed by atoms with Gasteiger partial charge in [-0.2, -0.15) is 15.4 Å². The quantitative estimate of drug-likeness (QED) is 0.728. The number of hydrogen-bond donors (Lipinski definition) is 1. The summed E-state index contributed by atoms with van der Waals surface area (Å²) in [4.78, 5) is 1.18. The average Bonchev–Trinajstić information content (AvgIpc) is 2.85. The van der Waals surface area contributed by atoms with Gasteiger partial charge in [0.1, 0.15) is 11.0 Å². The molecule has 0 saturated heterocycles. The summed E-state index contributed by atoms with van der Waals surface area (Å²) in [6.07, 6.45) is 0. The summed E-state index contributed by atoms with van der Waals surface area (Å²) in [7, 11) is 0. The summed E-state index contributed by atoms with van der Waals surface area (Å²) in [5.41, 5.74) is 4.43. The number of thioether (sulfide) groups is 1. The van der Waals surface area contributed by atoms with Crippen molar-refractivity contribution in [3.8, 4) is 0 Å². The van der Waals surface area contributed by atoms with E-state index in [4.69, 9.17) is 0 Å². The molecule has 0 atom stereocenters. The molecule has 0 fully saturated rings. The van der Waals surface area contributed by atoms with Crippen LogP contribution >= 0.6 is 11.8 Å². The number of hydrogen-bond acceptors (Lipinski definition) is 3. The molecule has 0 saturated carbocycles. The van der Waals surface area contributed by atoms with Gasteiger partial charge in [-0.05, 0) is 30.2 Å². The van der Waals surface area contributed by atoms with Gasteiger partial charge in [0.05, 0.1) is 0 Å². The van der Waals surface area contributed by atoms with Gasteiger partial charge in [0.2, 0.25) is 0 Å². The van der Waals surface area contributed by atoms with E-state index in [1.807, 2.05) is 12.1 Å². The van der Waals surface area contributed by atoms with Crippen molar-refractivity contribution in [3.05, 3.63) is 53.6 Å². The summed E-state index contributed by atoms with van der Waals surface area (Å²) >= 11 is 1.80. The number of aromatic amines is 1. The van der Waals surface area contributed by atoms with Crippen LogP contribution in [0.2, 0.25) is 0 Å². The van der Waals surface area contributed by atoms with E-state index in [9.17, 15) is 0 Å². The highest BCUT2D eigenvalue weighted by Crippen LogP contribution is 2.29. The Morgan fingerprint density at radius 1 is 1.11 bits per heavy atom. The highest BCUT2D eigenvalue weighted by Gasteiger charge is 2.07. The lowest BCUT2D eigenvalue weighted by molar-refractivity contribution is 0.957. The smallest absolute Gasteiger partial charge is 0.126 e. The maximum atomic E-state index is 4.22. The van der Waals surface area contributed by atoms with Crippen LogP contribution in [0.5, 0.6) is 0 Å². The number of nitrogens with zero attached hydrogens (tertiary/aromatic N) is 2. The standard InChI is InChI=1S/C14H13N3S/c1-10-7-12-14(16-17-15-12)13(8-10)18-9-11-5-3-2-4-6-11/h2-8H,9H2,1H3,(H,15,16,17). The molecule has 0 aliphatic heterocycles. The van der Waals surface area contributed by atoms with Gasteiger partial charge in [-0.3, -0.25) is 0 Å². The summed E-state index contributed by atoms with van der Waals surface area (Å²) in [5.74, 6) is 0.951. The van der Waals surface area contributed by atoms with Crippen molar-refractivity contribution in [2.24, 2.45) is 0 Å². The van der Waals surface area contributed by atoms with Crippen molar-refractivity contribution in [2.45, 2.75) is 17.6 Å². The van der Waals surface area contributed by atoms with E-state index in [2.05, 4.69) is 52.7 Å². The number of benzene rings is 2. The second kappa shape index (κ2) is 4.82. The van der Waals surface area contributed by atoms with E-state index in [0.717, 1.165) is 16.8 Å². The molecule has 3 aromatic rings. The van der Waals surface area contributed by atoms with Crippen LogP contribution < -0.4 is 0 Å². The van der Waals surface area contributed by atoms with Crippen LogP contribution in [0.25, 0.3) is 11.0 Å². The number of aromatic nitrogens is 3. The molecule has 0 bridgehead atoms. The summed E-state index contributed by atoms with van der Waals surface area (Å²) in [6.45, 7) is 2.08. The molecule has 1 N–H and O–H groups in total. The zero-order chi connectivity index (χ0) is 12.4. The first-order valence-corrected chi connectivity index (χ1v) is 6.79. The summed E-state index contributed by atoms with van der Waals surface area (Å²) < 4.78 is 0. The van der Waals surface area contributed by atoms with Crippen LogP contribution in [-0.2, 0) is 5.75 Å². The first-order valence-electron chi connectivity index (χ1n) is 5.81. The van der Waals surface area contributed by atoms with Crippen LogP contribution in [0.1, 0.15) is 11.1 Å². The topological polar surface area (TPSA) is 41.6 Å². The molecule has 1 heterocycles. The van der Waals surface area contributed by atoms with E-state index in [1.165, 1.54) is 16.0 Å². The van der Waals surface area contributed by atoms with Crippen LogP contribution in [0, 0.1) is 6.92 Å². The van der Waals surface area contributed by atoms with E-state index in [0.29, 0.717) is 0 Å². The number of rotatable bonds is 3. The Hall–Kier alpha value is -1.81. The van der Waals surface area contributed by atoms with E-state index in [1.54, 1.807) is 11.8 Å². The SMILES string of the molecule is Cc1cc(SCc2ccccc2)c2n[nH]nc2c1. The fourth-order valence-electron chi connectivity index (χ4n) is 1.90. The highest BCUT2D eigenvalue weighted by molar-refractivity contribution is 7.98. The molecule has 3 nitrogen and oxygen atoms in total. The predicted molar refractivity (Wildman–Crippen MR) is 74.6 cm³/mol. The Morgan fingerprint density at radius 3 is 2.78 bits per heavy atom. The minimum absolute atomic E-state index is 0.936. The van der Waals surface area contributed by atoms with Gasteiger partial charge < -0.3 is 0 Å². The third-order valence-electron chi connectivity index (χ3n) is 2.77. The number of H-pyrrole nitrogens is 1. The molecule has 3 rings (SSSR count). The molecule has 2 aromatic carbocycles. The van der Waals surface area contributed by atoms with Crippen LogP contribution in [0.3, 0.4) is 0 Å². The molecule has 0 spiro atoms. The van der Waals surface area contributed by atoms with Crippen LogP contribution in [-0.4, -0.2) is 15.4 Å². The molecule has 90 valence electrons. The first-order chi connectivity index (χ1) is 8.83. The lowest BCUT2D eigenvalue weighted by Crippen LogP contribution is -1.83. The zero-order valence-corrected chi connectivity index (χ0v) is 10.9. The van der Waals surface area contributed by atoms with Gasteiger partial charge in [0.15, 0.2) is 0 Å². The largest absolute Gasteiger partial charge is 0.197 e. The van der Waals surface area contributed by atoms with Crippen molar-refractivity contribution >= 4 is 22.8 Å². The van der Waals surface area contributed by atoms with Crippen molar-refractivity contribution in [2.75, 3.05) is 0 Å². The number of nitrogens with one attached hydrogen (secondary N) is 1. The second-order valence-corrected chi connectivity index (χ2v) is 5.25. The van der Waals surface area contributed by atoms with Crippen molar-refractivity contribution in [1.29, 1.82) is 0 Å². The lowest BCUT2D eigenvalue weighted by atomic mass is 10.2. The van der Waals surface area contributed by atoms with Gasteiger partial charge in [0.25, 0.3) is 0 Å². The van der Waals surface area contributed by atoms with Crippen molar-refractivity contribution in [1.82, 2.24) is 15.4 Å². The molecule has 0 aliphatic rings. The van der Waals surface area contributed by atoms with Gasteiger partial charge >= 0.3 is 0 Å². The molecule has 0 unspecified atom stereocenters. The Labute approximate surface area is 110 Å². The van der Waals surface area contributed by atoms with Crippen molar-refractivity contribution in [3.63, 3.8) is 0 Å². The van der Waals surface area contributed by atoms with Gasteiger partial charge in [-0.15, -0.1) is 11.8 Å². The minimum atomic E-state index is 0.936. The van der Waals surface area contributed by atoms with Gasteiger partial charge in [-0.25, -0.2) is 0 Å². The molecule has 0 amide bonds. The lowest BCUT2D eigenvalue weighted by Gasteiger charge is -2.03. The van der Waals surface area contributed by atoms with E-state index >= 15 is 0 Å². The summed E-state index contributed by atoms with van der Waals surface area (Å²) in [5, 5.41) is 11.1. The molecule has 4 heteroatoms. The van der Waals surface area contributed by atoms with E-state index in [-0.39, 0.29) is 0 Å². The predicted octanol–water partition coefficient (Wildman–Crippen LogP) is 3.56.